The van der Waals surface area contributed by atoms with E-state index in [9.17, 15) is 0 Å². The molecule has 2 atom stereocenters. The molecule has 2 N–H and O–H groups in total. The summed E-state index contributed by atoms with van der Waals surface area (Å²) in [5.41, 5.74) is 5.88. The topological polar surface area (TPSA) is 64.3 Å². The highest BCUT2D eigenvalue weighted by molar-refractivity contribution is 5.41. The SMILES string of the molecule is COc1cc(N(C)C2CCCCC2CN)ncn1. The van der Waals surface area contributed by atoms with Crippen molar-refractivity contribution in [2.45, 2.75) is 31.7 Å². The number of ether oxygens (including phenoxy) is 1. The van der Waals surface area contributed by atoms with E-state index in [-0.39, 0.29) is 0 Å². The van der Waals surface area contributed by atoms with Crippen LogP contribution in [0.15, 0.2) is 12.4 Å². The van der Waals surface area contributed by atoms with Gasteiger partial charge in [-0.3, -0.25) is 0 Å². The number of nitrogens with zero attached hydrogens (tertiary/aromatic N) is 3. The first-order valence-corrected chi connectivity index (χ1v) is 6.55. The number of anilines is 1. The van der Waals surface area contributed by atoms with Crippen molar-refractivity contribution in [2.75, 3.05) is 25.6 Å². The number of aromatic nitrogens is 2. The molecule has 2 rings (SSSR count). The van der Waals surface area contributed by atoms with Crippen LogP contribution in [0.5, 0.6) is 5.88 Å². The van der Waals surface area contributed by atoms with Crippen LogP contribution in [0.2, 0.25) is 0 Å². The largest absolute Gasteiger partial charge is 0.481 e. The lowest BCUT2D eigenvalue weighted by Gasteiger charge is -2.38. The van der Waals surface area contributed by atoms with Gasteiger partial charge in [-0.25, -0.2) is 9.97 Å². The Balaban J connectivity index is 2.15. The van der Waals surface area contributed by atoms with Gasteiger partial charge >= 0.3 is 0 Å². The Hall–Kier alpha value is -1.36. The van der Waals surface area contributed by atoms with Gasteiger partial charge in [-0.05, 0) is 25.3 Å². The van der Waals surface area contributed by atoms with Crippen molar-refractivity contribution in [3.63, 3.8) is 0 Å². The van der Waals surface area contributed by atoms with Crippen LogP contribution in [0.1, 0.15) is 25.7 Å². The summed E-state index contributed by atoms with van der Waals surface area (Å²) >= 11 is 0. The summed E-state index contributed by atoms with van der Waals surface area (Å²) in [4.78, 5) is 10.6. The molecule has 0 aromatic carbocycles. The fourth-order valence-corrected chi connectivity index (χ4v) is 2.78. The molecule has 0 amide bonds. The lowest BCUT2D eigenvalue weighted by atomic mass is 9.84. The van der Waals surface area contributed by atoms with Gasteiger partial charge in [0, 0.05) is 19.2 Å². The smallest absolute Gasteiger partial charge is 0.218 e. The molecular weight excluding hydrogens is 228 g/mol. The van der Waals surface area contributed by atoms with E-state index in [4.69, 9.17) is 10.5 Å². The van der Waals surface area contributed by atoms with Crippen molar-refractivity contribution in [3.8, 4) is 5.88 Å². The van der Waals surface area contributed by atoms with Gasteiger partial charge in [-0.2, -0.15) is 0 Å². The number of methoxy groups -OCH3 is 1. The van der Waals surface area contributed by atoms with E-state index in [1.165, 1.54) is 25.7 Å². The van der Waals surface area contributed by atoms with Crippen molar-refractivity contribution < 1.29 is 4.74 Å². The van der Waals surface area contributed by atoms with Crippen molar-refractivity contribution in [3.05, 3.63) is 12.4 Å². The summed E-state index contributed by atoms with van der Waals surface area (Å²) in [6.07, 6.45) is 6.51. The standard InChI is InChI=1S/C13H22N4O/c1-17(11-6-4-3-5-10(11)8-14)12-7-13(18-2)16-9-15-12/h7,9-11H,3-6,8,14H2,1-2H3. The van der Waals surface area contributed by atoms with Gasteiger partial charge in [0.05, 0.1) is 7.11 Å². The third-order valence-corrected chi connectivity index (χ3v) is 3.87. The summed E-state index contributed by atoms with van der Waals surface area (Å²) in [6, 6.07) is 2.35. The Morgan fingerprint density at radius 1 is 1.39 bits per heavy atom. The van der Waals surface area contributed by atoms with Gasteiger partial charge < -0.3 is 15.4 Å². The van der Waals surface area contributed by atoms with Crippen LogP contribution in [-0.4, -0.2) is 36.7 Å². The quantitative estimate of drug-likeness (QED) is 0.876. The van der Waals surface area contributed by atoms with Gasteiger partial charge in [-0.1, -0.05) is 12.8 Å². The van der Waals surface area contributed by atoms with Crippen LogP contribution in [0.4, 0.5) is 5.82 Å². The van der Waals surface area contributed by atoms with Crippen LogP contribution in [-0.2, 0) is 0 Å². The highest BCUT2D eigenvalue weighted by atomic mass is 16.5. The number of hydrogen-bond donors (Lipinski definition) is 1. The van der Waals surface area contributed by atoms with Gasteiger partial charge in [-0.15, -0.1) is 0 Å². The molecule has 1 fully saturated rings. The molecule has 100 valence electrons. The molecule has 1 aliphatic rings. The normalized spacial score (nSPS) is 23.7. The first-order chi connectivity index (χ1) is 8.76. The second-order valence-corrected chi connectivity index (χ2v) is 4.88. The minimum Gasteiger partial charge on any atom is -0.481 e. The second-order valence-electron chi connectivity index (χ2n) is 4.88. The summed E-state index contributed by atoms with van der Waals surface area (Å²) in [5, 5.41) is 0. The fraction of sp³-hybridized carbons (Fsp3) is 0.692. The van der Waals surface area contributed by atoms with Crippen LogP contribution in [0.25, 0.3) is 0 Å². The van der Waals surface area contributed by atoms with E-state index < -0.39 is 0 Å². The summed E-state index contributed by atoms with van der Waals surface area (Å²) in [7, 11) is 3.70. The van der Waals surface area contributed by atoms with Crippen molar-refractivity contribution in [1.29, 1.82) is 0 Å². The molecule has 0 spiro atoms. The minimum atomic E-state index is 0.475. The van der Waals surface area contributed by atoms with E-state index in [0.717, 1.165) is 12.4 Å². The molecule has 1 saturated carbocycles. The zero-order valence-electron chi connectivity index (χ0n) is 11.2. The van der Waals surface area contributed by atoms with Gasteiger partial charge in [0.1, 0.15) is 12.1 Å². The van der Waals surface area contributed by atoms with E-state index in [1.807, 2.05) is 6.07 Å². The van der Waals surface area contributed by atoms with Crippen molar-refractivity contribution in [1.82, 2.24) is 9.97 Å². The lowest BCUT2D eigenvalue weighted by Crippen LogP contribution is -2.43. The molecule has 1 aromatic heterocycles. The number of hydrogen-bond acceptors (Lipinski definition) is 5. The molecule has 1 aliphatic carbocycles. The summed E-state index contributed by atoms with van der Waals surface area (Å²) in [5.74, 6) is 2.07. The molecule has 0 radical (unpaired) electrons. The predicted molar refractivity (Wildman–Crippen MR) is 71.8 cm³/mol. The first kappa shape index (κ1) is 13.1. The maximum absolute atomic E-state index is 5.88. The van der Waals surface area contributed by atoms with E-state index in [0.29, 0.717) is 17.8 Å². The predicted octanol–water partition coefficient (Wildman–Crippen LogP) is 1.44. The van der Waals surface area contributed by atoms with Crippen molar-refractivity contribution in [2.24, 2.45) is 11.7 Å². The van der Waals surface area contributed by atoms with Crippen LogP contribution >= 0.6 is 0 Å². The van der Waals surface area contributed by atoms with E-state index in [1.54, 1.807) is 13.4 Å². The monoisotopic (exact) mass is 250 g/mol. The molecule has 1 heterocycles. The summed E-state index contributed by atoms with van der Waals surface area (Å²) in [6.45, 7) is 0.747. The zero-order valence-corrected chi connectivity index (χ0v) is 11.2. The molecule has 18 heavy (non-hydrogen) atoms. The second kappa shape index (κ2) is 6.00. The molecule has 5 nitrogen and oxygen atoms in total. The Morgan fingerprint density at radius 2 is 2.17 bits per heavy atom. The average molecular weight is 250 g/mol. The molecule has 0 bridgehead atoms. The highest BCUT2D eigenvalue weighted by Crippen LogP contribution is 2.29. The molecule has 0 aliphatic heterocycles. The van der Waals surface area contributed by atoms with Crippen molar-refractivity contribution >= 4 is 5.82 Å². The van der Waals surface area contributed by atoms with E-state index in [2.05, 4.69) is 21.9 Å². The molecule has 1 aromatic rings. The molecule has 5 heteroatoms. The zero-order chi connectivity index (χ0) is 13.0. The van der Waals surface area contributed by atoms with Crippen LogP contribution in [0, 0.1) is 5.92 Å². The Morgan fingerprint density at radius 3 is 2.89 bits per heavy atom. The fourth-order valence-electron chi connectivity index (χ4n) is 2.78. The number of nitrogens with two attached hydrogens (primary N) is 1. The van der Waals surface area contributed by atoms with Gasteiger partial charge in [0.2, 0.25) is 5.88 Å². The first-order valence-electron chi connectivity index (χ1n) is 6.55. The van der Waals surface area contributed by atoms with Gasteiger partial charge in [0.25, 0.3) is 0 Å². The van der Waals surface area contributed by atoms with Crippen LogP contribution < -0.4 is 15.4 Å². The van der Waals surface area contributed by atoms with Gasteiger partial charge in [0.15, 0.2) is 0 Å². The maximum atomic E-state index is 5.88. The lowest BCUT2D eigenvalue weighted by molar-refractivity contribution is 0.305. The molecule has 2 unspecified atom stereocenters. The van der Waals surface area contributed by atoms with Crippen LogP contribution in [0.3, 0.4) is 0 Å². The molecule has 0 saturated heterocycles. The Kier molecular flexibility index (Phi) is 4.36. The number of rotatable bonds is 4. The van der Waals surface area contributed by atoms with E-state index >= 15 is 0 Å². The minimum absolute atomic E-state index is 0.475. The maximum Gasteiger partial charge on any atom is 0.218 e. The molecular formula is C13H22N4O. The highest BCUT2D eigenvalue weighted by Gasteiger charge is 2.28. The Bertz CT molecular complexity index is 385. The summed E-state index contributed by atoms with van der Waals surface area (Å²) < 4.78 is 5.14. The Labute approximate surface area is 108 Å². The average Bonchev–Trinajstić information content (AvgIpc) is 2.46. The third-order valence-electron chi connectivity index (χ3n) is 3.87. The third kappa shape index (κ3) is 2.72.